The largest absolute Gasteiger partial charge is 0.452 e. The molecule has 0 aromatic heterocycles. The number of benzene rings is 2. The average Bonchev–Trinajstić information content (AvgIpc) is 2.60. The van der Waals surface area contributed by atoms with Crippen molar-refractivity contribution in [1.29, 1.82) is 0 Å². The molecular weight excluding hydrogens is 340 g/mol. The third-order valence-corrected chi connectivity index (χ3v) is 4.03. The molecule has 0 spiro atoms. The summed E-state index contributed by atoms with van der Waals surface area (Å²) in [6.45, 7) is 3.60. The highest BCUT2D eigenvalue weighted by Gasteiger charge is 2.16. The van der Waals surface area contributed by atoms with Gasteiger partial charge < -0.3 is 15.8 Å². The van der Waals surface area contributed by atoms with Gasteiger partial charge in [0.15, 0.2) is 6.61 Å². The van der Waals surface area contributed by atoms with Gasteiger partial charge in [0.25, 0.3) is 5.91 Å². The number of nitrogens with one attached hydrogen (secondary N) is 1. The minimum Gasteiger partial charge on any atom is -0.452 e. The van der Waals surface area contributed by atoms with Crippen LogP contribution in [0, 0.1) is 6.92 Å². The number of hydrogen-bond acceptors (Lipinski definition) is 4. The Kier molecular flexibility index (Phi) is 6.42. The van der Waals surface area contributed by atoms with Gasteiger partial charge in [0.2, 0.25) is 0 Å². The van der Waals surface area contributed by atoms with Gasteiger partial charge in [0.1, 0.15) is 0 Å². The van der Waals surface area contributed by atoms with E-state index in [9.17, 15) is 9.59 Å². The van der Waals surface area contributed by atoms with E-state index in [1.54, 1.807) is 6.07 Å². The lowest BCUT2D eigenvalue weighted by Crippen LogP contribution is -2.32. The number of amides is 1. The number of nitrogen functional groups attached to an aromatic ring is 1. The highest BCUT2D eigenvalue weighted by atomic mass is 35.5. The minimum atomic E-state index is -0.682. The van der Waals surface area contributed by atoms with Crippen molar-refractivity contribution in [2.45, 2.75) is 26.3 Å². The van der Waals surface area contributed by atoms with Crippen LogP contribution in [0.5, 0.6) is 0 Å². The lowest BCUT2D eigenvalue weighted by atomic mass is 10.0. The summed E-state index contributed by atoms with van der Waals surface area (Å²) in [7, 11) is 0. The van der Waals surface area contributed by atoms with Crippen LogP contribution in [0.4, 0.5) is 5.69 Å². The number of nitrogens with two attached hydrogens (primary N) is 1. The fourth-order valence-corrected chi connectivity index (χ4v) is 2.54. The number of carbonyl (C=O) groups excluding carboxylic acids is 2. The van der Waals surface area contributed by atoms with Crippen LogP contribution >= 0.6 is 11.6 Å². The number of halogens is 1. The molecule has 0 aliphatic heterocycles. The van der Waals surface area contributed by atoms with E-state index >= 15 is 0 Å². The van der Waals surface area contributed by atoms with Gasteiger partial charge in [-0.25, -0.2) is 4.79 Å². The van der Waals surface area contributed by atoms with Crippen LogP contribution in [0.3, 0.4) is 0 Å². The van der Waals surface area contributed by atoms with Crippen molar-refractivity contribution >= 4 is 29.2 Å². The van der Waals surface area contributed by atoms with E-state index in [1.165, 1.54) is 12.1 Å². The van der Waals surface area contributed by atoms with Crippen LogP contribution in [0.15, 0.2) is 42.5 Å². The van der Waals surface area contributed by atoms with Gasteiger partial charge in [-0.3, -0.25) is 4.79 Å². The third kappa shape index (κ3) is 5.22. The normalized spacial score (nSPS) is 11.6. The van der Waals surface area contributed by atoms with Crippen molar-refractivity contribution in [2.75, 3.05) is 12.3 Å². The number of hydrogen-bond donors (Lipinski definition) is 2. The maximum absolute atomic E-state index is 12.1. The molecule has 0 saturated carbocycles. The number of rotatable bonds is 6. The summed E-state index contributed by atoms with van der Waals surface area (Å²) in [4.78, 5) is 24.1. The Morgan fingerprint density at radius 3 is 2.52 bits per heavy atom. The molecular formula is C19H21ClN2O3. The molecule has 1 atom stereocenters. The van der Waals surface area contributed by atoms with Crippen LogP contribution in [-0.2, 0) is 9.53 Å². The second-order valence-corrected chi connectivity index (χ2v) is 6.18. The predicted molar refractivity (Wildman–Crippen MR) is 98.5 cm³/mol. The first-order chi connectivity index (χ1) is 11.9. The second-order valence-electron chi connectivity index (χ2n) is 5.75. The molecule has 2 rings (SSSR count). The summed E-state index contributed by atoms with van der Waals surface area (Å²) in [5, 5.41) is 3.23. The van der Waals surface area contributed by atoms with Crippen molar-refractivity contribution in [3.05, 3.63) is 64.2 Å². The van der Waals surface area contributed by atoms with Crippen molar-refractivity contribution in [3.63, 3.8) is 0 Å². The molecule has 3 N–H and O–H groups in total. The van der Waals surface area contributed by atoms with Gasteiger partial charge >= 0.3 is 5.97 Å². The number of esters is 1. The van der Waals surface area contributed by atoms with Gasteiger partial charge in [-0.15, -0.1) is 0 Å². The van der Waals surface area contributed by atoms with Gasteiger partial charge in [0, 0.05) is 10.7 Å². The van der Waals surface area contributed by atoms with E-state index in [0.29, 0.717) is 5.02 Å². The van der Waals surface area contributed by atoms with Crippen LogP contribution in [0.25, 0.3) is 0 Å². The summed E-state index contributed by atoms with van der Waals surface area (Å²) in [6.07, 6.45) is 0.726. The van der Waals surface area contributed by atoms with Crippen molar-refractivity contribution in [1.82, 2.24) is 5.32 Å². The summed E-state index contributed by atoms with van der Waals surface area (Å²) < 4.78 is 5.04. The van der Waals surface area contributed by atoms with Crippen molar-refractivity contribution < 1.29 is 14.3 Å². The smallest absolute Gasteiger partial charge is 0.340 e. The molecule has 0 fully saturated rings. The molecule has 6 heteroatoms. The Hall–Kier alpha value is -2.53. The number of aryl methyl sites for hydroxylation is 1. The first-order valence-electron chi connectivity index (χ1n) is 7.98. The summed E-state index contributed by atoms with van der Waals surface area (Å²) >= 11 is 5.85. The lowest BCUT2D eigenvalue weighted by molar-refractivity contribution is -0.125. The maximum Gasteiger partial charge on any atom is 0.340 e. The monoisotopic (exact) mass is 360 g/mol. The van der Waals surface area contributed by atoms with Gasteiger partial charge in [-0.2, -0.15) is 0 Å². The molecule has 1 amide bonds. The van der Waals surface area contributed by atoms with Gasteiger partial charge in [0.05, 0.1) is 11.6 Å². The zero-order valence-corrected chi connectivity index (χ0v) is 15.0. The molecule has 0 radical (unpaired) electrons. The molecule has 132 valence electrons. The maximum atomic E-state index is 12.1. The highest BCUT2D eigenvalue weighted by Crippen LogP contribution is 2.19. The molecule has 25 heavy (non-hydrogen) atoms. The zero-order valence-electron chi connectivity index (χ0n) is 14.2. The summed E-state index contributed by atoms with van der Waals surface area (Å²) in [5.74, 6) is -1.06. The molecule has 0 heterocycles. The number of ether oxygens (including phenoxy) is 1. The first-order valence-corrected chi connectivity index (χ1v) is 8.36. The molecule has 0 bridgehead atoms. The molecule has 2 aromatic rings. The number of carbonyl (C=O) groups is 2. The summed E-state index contributed by atoms with van der Waals surface area (Å²) in [5.41, 5.74) is 8.28. The molecule has 0 aliphatic carbocycles. The van der Waals surface area contributed by atoms with Crippen LogP contribution in [-0.4, -0.2) is 18.5 Å². The van der Waals surface area contributed by atoms with Crippen LogP contribution in [0.1, 0.15) is 40.9 Å². The van der Waals surface area contributed by atoms with E-state index in [1.807, 2.05) is 38.1 Å². The van der Waals surface area contributed by atoms with Crippen LogP contribution < -0.4 is 11.1 Å². The molecule has 0 saturated heterocycles. The lowest BCUT2D eigenvalue weighted by Gasteiger charge is -2.17. The highest BCUT2D eigenvalue weighted by molar-refractivity contribution is 6.31. The molecule has 2 aromatic carbocycles. The Morgan fingerprint density at radius 2 is 1.88 bits per heavy atom. The van der Waals surface area contributed by atoms with E-state index < -0.39 is 5.97 Å². The Labute approximate surface area is 152 Å². The quantitative estimate of drug-likeness (QED) is 0.608. The predicted octanol–water partition coefficient (Wildman–Crippen LogP) is 3.65. The van der Waals surface area contributed by atoms with E-state index in [0.717, 1.165) is 17.5 Å². The second kappa shape index (κ2) is 8.53. The van der Waals surface area contributed by atoms with Gasteiger partial charge in [-0.05, 0) is 37.1 Å². The Morgan fingerprint density at radius 1 is 1.20 bits per heavy atom. The SMILES string of the molecule is CC[C@@H](NC(=O)COC(=O)c1cc(Cl)ccc1N)c1ccc(C)cc1. The van der Waals surface area contributed by atoms with Gasteiger partial charge in [-0.1, -0.05) is 48.4 Å². The van der Waals surface area contributed by atoms with Crippen LogP contribution in [0.2, 0.25) is 5.02 Å². The molecule has 5 nitrogen and oxygen atoms in total. The fraction of sp³-hybridized carbons (Fsp3) is 0.263. The Bertz CT molecular complexity index is 760. The zero-order chi connectivity index (χ0) is 18.4. The Balaban J connectivity index is 1.94. The molecule has 0 aliphatic rings. The topological polar surface area (TPSA) is 81.4 Å². The van der Waals surface area contributed by atoms with Crippen molar-refractivity contribution in [2.24, 2.45) is 0 Å². The standard InChI is InChI=1S/C19H21ClN2O3/c1-3-17(13-6-4-12(2)5-7-13)22-18(23)11-25-19(24)15-10-14(20)8-9-16(15)21/h4-10,17H,3,11,21H2,1-2H3,(H,22,23)/t17-/m1/s1. The fourth-order valence-electron chi connectivity index (χ4n) is 2.37. The van der Waals surface area contributed by atoms with E-state index in [4.69, 9.17) is 22.1 Å². The van der Waals surface area contributed by atoms with E-state index in [2.05, 4.69) is 5.32 Å². The summed E-state index contributed by atoms with van der Waals surface area (Å²) in [6, 6.07) is 12.3. The number of anilines is 1. The average molecular weight is 361 g/mol. The van der Waals surface area contributed by atoms with Crippen molar-refractivity contribution in [3.8, 4) is 0 Å². The third-order valence-electron chi connectivity index (χ3n) is 3.79. The minimum absolute atomic E-state index is 0.136. The van der Waals surface area contributed by atoms with E-state index in [-0.39, 0.29) is 29.8 Å². The molecule has 0 unspecified atom stereocenters. The first kappa shape index (κ1) is 18.8.